The number of carbonyl (C=O) groups is 2. The molecule has 1 aliphatic heterocycles. The average molecular weight is 253 g/mol. The van der Waals surface area contributed by atoms with Gasteiger partial charge >= 0.3 is 5.97 Å². The fraction of sp³-hybridized carbons (Fsp3) is 0.857. The molecule has 0 aromatic heterocycles. The van der Waals surface area contributed by atoms with E-state index in [1.165, 1.54) is 12.8 Å². The zero-order chi connectivity index (χ0) is 13.1. The lowest BCUT2D eigenvalue weighted by Gasteiger charge is -2.32. The zero-order valence-electron chi connectivity index (χ0n) is 11.3. The minimum Gasteiger partial charge on any atom is -0.464 e. The quantitative estimate of drug-likeness (QED) is 0.781. The number of hydrogen-bond donors (Lipinski definition) is 1. The van der Waals surface area contributed by atoms with Crippen molar-refractivity contribution >= 4 is 11.9 Å². The molecule has 4 nitrogen and oxygen atoms in total. The predicted octanol–water partition coefficient (Wildman–Crippen LogP) is 1.88. The molecule has 0 bridgehead atoms. The average Bonchev–Trinajstić information content (AvgIpc) is 2.72. The molecule has 0 aromatic carbocycles. The van der Waals surface area contributed by atoms with Crippen LogP contribution in [-0.2, 0) is 14.3 Å². The molecule has 18 heavy (non-hydrogen) atoms. The van der Waals surface area contributed by atoms with Gasteiger partial charge in [-0.2, -0.15) is 0 Å². The van der Waals surface area contributed by atoms with Gasteiger partial charge in [-0.1, -0.05) is 26.2 Å². The van der Waals surface area contributed by atoms with Gasteiger partial charge in [0.15, 0.2) is 0 Å². The van der Waals surface area contributed by atoms with Crippen LogP contribution in [0.15, 0.2) is 0 Å². The molecule has 0 aromatic rings. The largest absolute Gasteiger partial charge is 0.464 e. The maximum Gasteiger partial charge on any atom is 0.328 e. The first-order valence-electron chi connectivity index (χ1n) is 7.07. The molecular weight excluding hydrogens is 230 g/mol. The third-order valence-electron chi connectivity index (χ3n) is 4.29. The highest BCUT2D eigenvalue weighted by Crippen LogP contribution is 2.38. The van der Waals surface area contributed by atoms with Gasteiger partial charge < -0.3 is 10.1 Å². The van der Waals surface area contributed by atoms with Crippen LogP contribution >= 0.6 is 0 Å². The van der Waals surface area contributed by atoms with Crippen molar-refractivity contribution in [1.82, 2.24) is 5.32 Å². The molecular formula is C14H23NO3. The van der Waals surface area contributed by atoms with Gasteiger partial charge in [-0.05, 0) is 25.2 Å². The van der Waals surface area contributed by atoms with Gasteiger partial charge in [0, 0.05) is 12.3 Å². The Balaban J connectivity index is 2.04. The van der Waals surface area contributed by atoms with Gasteiger partial charge in [0.25, 0.3) is 0 Å². The summed E-state index contributed by atoms with van der Waals surface area (Å²) in [6.45, 7) is 4.43. The minimum absolute atomic E-state index is 0.00344. The molecule has 4 atom stereocenters. The summed E-state index contributed by atoms with van der Waals surface area (Å²) in [5.41, 5.74) is 0. The summed E-state index contributed by atoms with van der Waals surface area (Å²) in [4.78, 5) is 23.5. The highest BCUT2D eigenvalue weighted by atomic mass is 16.5. The van der Waals surface area contributed by atoms with Crippen molar-refractivity contribution < 1.29 is 14.3 Å². The van der Waals surface area contributed by atoms with E-state index in [2.05, 4.69) is 12.2 Å². The number of amides is 1. The predicted molar refractivity (Wildman–Crippen MR) is 67.8 cm³/mol. The number of nitrogens with one attached hydrogen (secondary N) is 1. The lowest BCUT2D eigenvalue weighted by atomic mass is 9.73. The van der Waals surface area contributed by atoms with Crippen LogP contribution in [0.25, 0.3) is 0 Å². The first-order chi connectivity index (χ1) is 8.61. The molecule has 0 radical (unpaired) electrons. The van der Waals surface area contributed by atoms with Crippen LogP contribution in [0.5, 0.6) is 0 Å². The summed E-state index contributed by atoms with van der Waals surface area (Å²) in [5.74, 6) is 1.08. The monoisotopic (exact) mass is 253 g/mol. The van der Waals surface area contributed by atoms with Gasteiger partial charge in [0.2, 0.25) is 5.91 Å². The van der Waals surface area contributed by atoms with Gasteiger partial charge in [0.05, 0.1) is 6.61 Å². The van der Waals surface area contributed by atoms with E-state index in [4.69, 9.17) is 4.74 Å². The summed E-state index contributed by atoms with van der Waals surface area (Å²) >= 11 is 0. The van der Waals surface area contributed by atoms with E-state index in [1.807, 2.05) is 0 Å². The highest BCUT2D eigenvalue weighted by molar-refractivity contribution is 5.88. The second-order valence-corrected chi connectivity index (χ2v) is 5.70. The molecule has 1 heterocycles. The molecule has 102 valence electrons. The number of hydrogen-bond acceptors (Lipinski definition) is 3. The summed E-state index contributed by atoms with van der Waals surface area (Å²) in [6, 6.07) is -0.409. The fourth-order valence-electron chi connectivity index (χ4n) is 3.45. The Morgan fingerprint density at radius 3 is 2.89 bits per heavy atom. The van der Waals surface area contributed by atoms with Gasteiger partial charge in [-0.15, -0.1) is 0 Å². The molecule has 2 aliphatic rings. The van der Waals surface area contributed by atoms with Crippen molar-refractivity contribution in [1.29, 1.82) is 0 Å². The smallest absolute Gasteiger partial charge is 0.328 e. The van der Waals surface area contributed by atoms with Crippen molar-refractivity contribution in [3.05, 3.63) is 0 Å². The van der Waals surface area contributed by atoms with Crippen molar-refractivity contribution in [3.63, 3.8) is 0 Å². The Labute approximate surface area is 108 Å². The first-order valence-corrected chi connectivity index (χ1v) is 7.07. The first kappa shape index (κ1) is 13.4. The minimum atomic E-state index is -0.409. The van der Waals surface area contributed by atoms with Crippen molar-refractivity contribution in [2.75, 3.05) is 6.61 Å². The Morgan fingerprint density at radius 2 is 2.22 bits per heavy atom. The molecule has 1 saturated carbocycles. The van der Waals surface area contributed by atoms with E-state index < -0.39 is 6.04 Å². The summed E-state index contributed by atoms with van der Waals surface area (Å²) in [7, 11) is 0. The summed E-state index contributed by atoms with van der Waals surface area (Å²) in [5, 5.41) is 2.79. The number of ether oxygens (including phenoxy) is 1. The van der Waals surface area contributed by atoms with Crippen molar-refractivity contribution in [2.24, 2.45) is 17.8 Å². The normalized spacial score (nSPS) is 36.2. The molecule has 2 rings (SSSR count). The van der Waals surface area contributed by atoms with Crippen LogP contribution in [-0.4, -0.2) is 24.5 Å². The molecule has 4 unspecified atom stereocenters. The molecule has 1 N–H and O–H groups in total. The summed E-state index contributed by atoms with van der Waals surface area (Å²) < 4.78 is 5.07. The van der Waals surface area contributed by atoms with E-state index >= 15 is 0 Å². The standard InChI is InChI=1S/C14H23NO3/c1-3-18-14(17)13-11(8-12(16)15-13)10-6-4-5-9(2)7-10/h9-11,13H,3-8H2,1-2H3,(H,15,16). The third-order valence-corrected chi connectivity index (χ3v) is 4.29. The molecule has 1 amide bonds. The Bertz CT molecular complexity index is 329. The van der Waals surface area contributed by atoms with Crippen LogP contribution in [0, 0.1) is 17.8 Å². The zero-order valence-corrected chi connectivity index (χ0v) is 11.3. The maximum absolute atomic E-state index is 11.9. The van der Waals surface area contributed by atoms with Crippen LogP contribution < -0.4 is 5.32 Å². The Kier molecular flexibility index (Phi) is 4.25. The summed E-state index contributed by atoms with van der Waals surface area (Å²) in [6.07, 6.45) is 5.25. The van der Waals surface area contributed by atoms with E-state index in [0.717, 1.165) is 12.8 Å². The van der Waals surface area contributed by atoms with Gasteiger partial charge in [0.1, 0.15) is 6.04 Å². The molecule has 0 spiro atoms. The van der Waals surface area contributed by atoms with E-state index in [0.29, 0.717) is 24.9 Å². The van der Waals surface area contributed by atoms with Crippen LogP contribution in [0.3, 0.4) is 0 Å². The lowest BCUT2D eigenvalue weighted by molar-refractivity contribution is -0.147. The number of esters is 1. The molecule has 1 saturated heterocycles. The number of rotatable bonds is 3. The van der Waals surface area contributed by atoms with E-state index in [9.17, 15) is 9.59 Å². The van der Waals surface area contributed by atoms with E-state index in [1.54, 1.807) is 6.92 Å². The van der Waals surface area contributed by atoms with Crippen LogP contribution in [0.2, 0.25) is 0 Å². The van der Waals surface area contributed by atoms with Gasteiger partial charge in [-0.3, -0.25) is 4.79 Å². The third kappa shape index (κ3) is 2.85. The number of carbonyl (C=O) groups excluding carboxylic acids is 2. The fourth-order valence-corrected chi connectivity index (χ4v) is 3.45. The molecule has 2 fully saturated rings. The van der Waals surface area contributed by atoms with Crippen molar-refractivity contribution in [3.8, 4) is 0 Å². The van der Waals surface area contributed by atoms with E-state index in [-0.39, 0.29) is 17.8 Å². The van der Waals surface area contributed by atoms with Crippen LogP contribution in [0.1, 0.15) is 46.0 Å². The van der Waals surface area contributed by atoms with Crippen LogP contribution in [0.4, 0.5) is 0 Å². The second-order valence-electron chi connectivity index (χ2n) is 5.70. The maximum atomic E-state index is 11.9. The highest BCUT2D eigenvalue weighted by Gasteiger charge is 2.43. The van der Waals surface area contributed by atoms with Gasteiger partial charge in [-0.25, -0.2) is 4.79 Å². The topological polar surface area (TPSA) is 55.4 Å². The van der Waals surface area contributed by atoms with Crippen molar-refractivity contribution in [2.45, 2.75) is 52.0 Å². The Hall–Kier alpha value is -1.06. The SMILES string of the molecule is CCOC(=O)C1NC(=O)CC1C1CCCC(C)C1. The lowest BCUT2D eigenvalue weighted by Crippen LogP contribution is -2.41. The second kappa shape index (κ2) is 5.72. The molecule has 4 heteroatoms. The molecule has 1 aliphatic carbocycles. The Morgan fingerprint density at radius 1 is 1.44 bits per heavy atom.